The summed E-state index contributed by atoms with van der Waals surface area (Å²) in [5.74, 6) is 0.754. The maximum absolute atomic E-state index is 12.8. The summed E-state index contributed by atoms with van der Waals surface area (Å²) >= 11 is 6.10. The second-order valence-corrected chi connectivity index (χ2v) is 8.19. The van der Waals surface area contributed by atoms with Crippen LogP contribution >= 0.6 is 11.6 Å². The van der Waals surface area contributed by atoms with Crippen LogP contribution in [0.4, 0.5) is 5.69 Å². The van der Waals surface area contributed by atoms with Crippen LogP contribution in [-0.2, 0) is 11.2 Å². The fraction of sp³-hybridized carbons (Fsp3) is 0.333. The Balaban J connectivity index is 1.41. The number of carbonyl (C=O) groups is 1. The van der Waals surface area contributed by atoms with Crippen molar-refractivity contribution in [2.75, 3.05) is 38.2 Å². The van der Waals surface area contributed by atoms with Crippen molar-refractivity contribution in [3.63, 3.8) is 0 Å². The van der Waals surface area contributed by atoms with E-state index < -0.39 is 0 Å². The molecule has 0 radical (unpaired) electrons. The molecule has 162 valence electrons. The van der Waals surface area contributed by atoms with Gasteiger partial charge in [0.1, 0.15) is 11.3 Å². The van der Waals surface area contributed by atoms with E-state index in [9.17, 15) is 9.59 Å². The number of benzene rings is 2. The minimum Gasteiger partial charge on any atom is -0.496 e. The molecular weight excluding hydrogens is 416 g/mol. The first-order chi connectivity index (χ1) is 14.9. The van der Waals surface area contributed by atoms with E-state index in [0.29, 0.717) is 37.3 Å². The van der Waals surface area contributed by atoms with E-state index in [2.05, 4.69) is 4.90 Å². The van der Waals surface area contributed by atoms with E-state index in [1.807, 2.05) is 42.2 Å². The van der Waals surface area contributed by atoms with Crippen LogP contribution in [-0.4, -0.2) is 44.1 Å². The average molecular weight is 441 g/mol. The molecule has 2 aromatic carbocycles. The molecule has 0 spiro atoms. The van der Waals surface area contributed by atoms with Gasteiger partial charge in [0.05, 0.1) is 7.11 Å². The quantitative estimate of drug-likeness (QED) is 0.560. The SMILES string of the molecule is COc1cc2oc(=O)cc(C)c2cc1CCC(=O)N1CCN(c2cccc(Cl)c2)CC1. The predicted molar refractivity (Wildman–Crippen MR) is 122 cm³/mol. The van der Waals surface area contributed by atoms with Crippen LogP contribution in [0.5, 0.6) is 5.75 Å². The molecule has 1 aliphatic rings. The van der Waals surface area contributed by atoms with Crippen LogP contribution in [0, 0.1) is 6.92 Å². The number of aryl methyl sites for hydroxylation is 2. The minimum atomic E-state index is -0.383. The van der Waals surface area contributed by atoms with Gasteiger partial charge in [0, 0.05) is 60.8 Å². The van der Waals surface area contributed by atoms with Crippen LogP contribution in [0.3, 0.4) is 0 Å². The molecule has 7 heteroatoms. The summed E-state index contributed by atoms with van der Waals surface area (Å²) in [6.07, 6.45) is 0.958. The number of methoxy groups -OCH3 is 1. The number of fused-ring (bicyclic) bond motifs is 1. The van der Waals surface area contributed by atoms with Crippen molar-refractivity contribution in [3.05, 3.63) is 69.0 Å². The first-order valence-corrected chi connectivity index (χ1v) is 10.7. The Bertz CT molecular complexity index is 1170. The summed E-state index contributed by atoms with van der Waals surface area (Å²) in [4.78, 5) is 28.6. The van der Waals surface area contributed by atoms with Crippen LogP contribution in [0.1, 0.15) is 17.5 Å². The molecular formula is C24H25ClN2O4. The maximum Gasteiger partial charge on any atom is 0.336 e. The highest BCUT2D eigenvalue weighted by molar-refractivity contribution is 6.30. The molecule has 1 aromatic heterocycles. The zero-order valence-corrected chi connectivity index (χ0v) is 18.4. The first-order valence-electron chi connectivity index (χ1n) is 10.3. The number of hydrogen-bond acceptors (Lipinski definition) is 5. The predicted octanol–water partition coefficient (Wildman–Crippen LogP) is 4.04. The van der Waals surface area contributed by atoms with Crippen LogP contribution in [0.2, 0.25) is 5.02 Å². The zero-order valence-electron chi connectivity index (χ0n) is 17.7. The second kappa shape index (κ2) is 9.02. The summed E-state index contributed by atoms with van der Waals surface area (Å²) in [5, 5.41) is 1.58. The molecule has 0 N–H and O–H groups in total. The van der Waals surface area contributed by atoms with Gasteiger partial charge < -0.3 is 19.0 Å². The van der Waals surface area contributed by atoms with Gasteiger partial charge in [-0.1, -0.05) is 17.7 Å². The molecule has 0 bridgehead atoms. The van der Waals surface area contributed by atoms with Gasteiger partial charge in [0.2, 0.25) is 5.91 Å². The highest BCUT2D eigenvalue weighted by Gasteiger charge is 2.22. The third-order valence-corrected chi connectivity index (χ3v) is 6.00. The average Bonchev–Trinajstić information content (AvgIpc) is 2.77. The lowest BCUT2D eigenvalue weighted by Crippen LogP contribution is -2.48. The number of amides is 1. The van der Waals surface area contributed by atoms with Crippen LogP contribution in [0.15, 0.2) is 51.7 Å². The molecule has 1 saturated heterocycles. The van der Waals surface area contributed by atoms with Crippen molar-refractivity contribution < 1.29 is 13.9 Å². The molecule has 0 atom stereocenters. The highest BCUT2D eigenvalue weighted by Crippen LogP contribution is 2.28. The normalized spacial score (nSPS) is 14.2. The molecule has 6 nitrogen and oxygen atoms in total. The summed E-state index contributed by atoms with van der Waals surface area (Å²) in [6, 6.07) is 13.0. The van der Waals surface area contributed by atoms with Gasteiger partial charge in [-0.15, -0.1) is 0 Å². The van der Waals surface area contributed by atoms with E-state index in [1.165, 1.54) is 6.07 Å². The molecule has 2 heterocycles. The molecule has 0 aliphatic carbocycles. The van der Waals surface area contributed by atoms with E-state index in [4.69, 9.17) is 20.8 Å². The van der Waals surface area contributed by atoms with Crippen molar-refractivity contribution in [1.82, 2.24) is 4.90 Å². The number of ether oxygens (including phenoxy) is 1. The van der Waals surface area contributed by atoms with E-state index in [1.54, 1.807) is 13.2 Å². The number of rotatable bonds is 5. The third kappa shape index (κ3) is 4.69. The maximum atomic E-state index is 12.8. The van der Waals surface area contributed by atoms with Gasteiger partial charge in [-0.2, -0.15) is 0 Å². The van der Waals surface area contributed by atoms with E-state index in [-0.39, 0.29) is 11.5 Å². The van der Waals surface area contributed by atoms with Gasteiger partial charge >= 0.3 is 5.63 Å². The van der Waals surface area contributed by atoms with Gasteiger partial charge in [-0.05, 0) is 48.7 Å². The Kier molecular flexibility index (Phi) is 6.18. The van der Waals surface area contributed by atoms with Crippen molar-refractivity contribution in [2.45, 2.75) is 19.8 Å². The van der Waals surface area contributed by atoms with Gasteiger partial charge in [0.25, 0.3) is 0 Å². The smallest absolute Gasteiger partial charge is 0.336 e. The van der Waals surface area contributed by atoms with Crippen molar-refractivity contribution in [2.24, 2.45) is 0 Å². The molecule has 1 amide bonds. The summed E-state index contributed by atoms with van der Waals surface area (Å²) in [6.45, 7) is 4.81. The lowest BCUT2D eigenvalue weighted by molar-refractivity contribution is -0.131. The van der Waals surface area contributed by atoms with E-state index in [0.717, 1.165) is 40.3 Å². The van der Waals surface area contributed by atoms with E-state index >= 15 is 0 Å². The number of anilines is 1. The molecule has 1 aliphatic heterocycles. The Labute approximate surface area is 186 Å². The summed E-state index contributed by atoms with van der Waals surface area (Å²) in [7, 11) is 1.58. The monoisotopic (exact) mass is 440 g/mol. The minimum absolute atomic E-state index is 0.129. The summed E-state index contributed by atoms with van der Waals surface area (Å²) < 4.78 is 10.8. The number of nitrogens with zero attached hydrogens (tertiary/aromatic N) is 2. The zero-order chi connectivity index (χ0) is 22.0. The van der Waals surface area contributed by atoms with Crippen LogP contribution < -0.4 is 15.3 Å². The molecule has 1 fully saturated rings. The number of halogens is 1. The highest BCUT2D eigenvalue weighted by atomic mass is 35.5. The lowest BCUT2D eigenvalue weighted by atomic mass is 10.0. The Hall–Kier alpha value is -2.99. The lowest BCUT2D eigenvalue weighted by Gasteiger charge is -2.36. The Morgan fingerprint density at radius 3 is 2.61 bits per heavy atom. The van der Waals surface area contributed by atoms with Crippen LogP contribution in [0.25, 0.3) is 11.0 Å². The first kappa shape index (κ1) is 21.2. The van der Waals surface area contributed by atoms with Gasteiger partial charge in [0.15, 0.2) is 0 Å². The number of hydrogen-bond donors (Lipinski definition) is 0. The Morgan fingerprint density at radius 2 is 1.90 bits per heavy atom. The standard InChI is InChI=1S/C24H25ClN2O4/c1-16-12-24(29)31-22-15-21(30-2)17(13-20(16)22)6-7-23(28)27-10-8-26(9-11-27)19-5-3-4-18(25)14-19/h3-5,12-15H,6-11H2,1-2H3. The van der Waals surface area contributed by atoms with Crippen molar-refractivity contribution >= 4 is 34.2 Å². The van der Waals surface area contributed by atoms with Gasteiger partial charge in [-0.3, -0.25) is 4.79 Å². The van der Waals surface area contributed by atoms with Crippen molar-refractivity contribution in [3.8, 4) is 5.75 Å². The largest absolute Gasteiger partial charge is 0.496 e. The topological polar surface area (TPSA) is 63.0 Å². The van der Waals surface area contributed by atoms with Gasteiger partial charge in [-0.25, -0.2) is 4.79 Å². The molecule has 3 aromatic rings. The number of carbonyl (C=O) groups excluding carboxylic acids is 1. The van der Waals surface area contributed by atoms with Crippen molar-refractivity contribution in [1.29, 1.82) is 0 Å². The Morgan fingerprint density at radius 1 is 1.13 bits per heavy atom. The molecule has 0 saturated carbocycles. The fourth-order valence-corrected chi connectivity index (χ4v) is 4.25. The number of piperazine rings is 1. The second-order valence-electron chi connectivity index (χ2n) is 7.76. The summed E-state index contributed by atoms with van der Waals surface area (Å²) in [5.41, 5.74) is 2.97. The fourth-order valence-electron chi connectivity index (χ4n) is 4.06. The molecule has 4 rings (SSSR count). The third-order valence-electron chi connectivity index (χ3n) is 5.77. The molecule has 31 heavy (non-hydrogen) atoms. The molecule has 0 unspecified atom stereocenters.